The number of unbranched alkanes of at least 4 members (excludes halogenated alkanes) is 2. The zero-order valence-electron chi connectivity index (χ0n) is 14.4. The summed E-state index contributed by atoms with van der Waals surface area (Å²) in [6, 6.07) is 7.57. The number of nitrogens with zero attached hydrogens (tertiary/aromatic N) is 1. The second kappa shape index (κ2) is 11.9. The number of nitrogens with one attached hydrogen (secondary N) is 1. The molecule has 6 nitrogen and oxygen atoms in total. The number of aliphatic imine (C=N–C) groups is 1. The quantitative estimate of drug-likeness (QED) is 0.224. The molecule has 0 saturated heterocycles. The number of amidine groups is 1. The van der Waals surface area contributed by atoms with Gasteiger partial charge in [-0.3, -0.25) is 4.99 Å². The third kappa shape index (κ3) is 8.54. The monoisotopic (exact) mass is 323 g/mol. The Morgan fingerprint density at radius 3 is 2.52 bits per heavy atom. The van der Waals surface area contributed by atoms with Crippen LogP contribution in [-0.2, 0) is 4.84 Å². The largest absolute Gasteiger partial charge is 0.491 e. The van der Waals surface area contributed by atoms with Gasteiger partial charge in [-0.15, -0.1) is 0 Å². The fraction of sp³-hybridized carbons (Fsp3) is 0.588. The van der Waals surface area contributed by atoms with E-state index in [1.54, 1.807) is 0 Å². The third-order valence-corrected chi connectivity index (χ3v) is 3.65. The molecule has 1 aromatic rings. The number of nitrogens with two attached hydrogens (primary N) is 2. The fourth-order valence-corrected chi connectivity index (χ4v) is 2.19. The summed E-state index contributed by atoms with van der Waals surface area (Å²) in [5, 5.41) is 0. The number of quaternary nitrogens is 1. The molecule has 23 heavy (non-hydrogen) atoms. The van der Waals surface area contributed by atoms with Gasteiger partial charge in [0.15, 0.2) is 0 Å². The summed E-state index contributed by atoms with van der Waals surface area (Å²) in [6.45, 7) is 5.96. The predicted octanol–water partition coefficient (Wildman–Crippen LogP) is 0.366. The highest BCUT2D eigenvalue weighted by Gasteiger charge is 2.02. The number of hydrogen-bond acceptors (Lipinski definition) is 4. The summed E-state index contributed by atoms with van der Waals surface area (Å²) in [4.78, 5) is 10.4. The number of ether oxygens (including phenoxy) is 1. The smallest absolute Gasteiger partial charge is 0.125 e. The molecular formula is C17H31N4O2+. The van der Waals surface area contributed by atoms with Gasteiger partial charge in [-0.25, -0.2) is 5.90 Å². The van der Waals surface area contributed by atoms with Gasteiger partial charge in [0.2, 0.25) is 0 Å². The van der Waals surface area contributed by atoms with E-state index in [4.69, 9.17) is 16.4 Å². The maximum absolute atomic E-state index is 6.04. The molecule has 0 aliphatic rings. The van der Waals surface area contributed by atoms with Crippen LogP contribution in [0.25, 0.3) is 0 Å². The third-order valence-electron chi connectivity index (χ3n) is 3.65. The van der Waals surface area contributed by atoms with Crippen LogP contribution in [0.2, 0.25) is 0 Å². The van der Waals surface area contributed by atoms with Gasteiger partial charge in [0.1, 0.15) is 24.8 Å². The van der Waals surface area contributed by atoms with Crippen LogP contribution >= 0.6 is 0 Å². The number of likely N-dealkylation sites (N-methyl/N-ethyl adjacent to an activating group) is 1. The van der Waals surface area contributed by atoms with Gasteiger partial charge in [0, 0.05) is 5.56 Å². The van der Waals surface area contributed by atoms with Crippen LogP contribution in [0.15, 0.2) is 29.3 Å². The minimum absolute atomic E-state index is 0.361. The van der Waals surface area contributed by atoms with Gasteiger partial charge < -0.3 is 20.2 Å². The van der Waals surface area contributed by atoms with Crippen molar-refractivity contribution in [2.45, 2.75) is 26.2 Å². The van der Waals surface area contributed by atoms with E-state index in [1.807, 2.05) is 24.3 Å². The first kappa shape index (κ1) is 19.4. The average Bonchev–Trinajstić information content (AvgIpc) is 2.56. The Labute approximate surface area is 139 Å². The maximum atomic E-state index is 6.04. The van der Waals surface area contributed by atoms with Gasteiger partial charge in [-0.2, -0.15) is 0 Å². The van der Waals surface area contributed by atoms with Crippen LogP contribution < -0.4 is 21.3 Å². The average molecular weight is 323 g/mol. The minimum Gasteiger partial charge on any atom is -0.491 e. The lowest BCUT2D eigenvalue weighted by Gasteiger charge is -2.12. The molecule has 0 spiro atoms. The molecule has 1 atom stereocenters. The molecule has 0 amide bonds. The number of rotatable bonds is 12. The van der Waals surface area contributed by atoms with Crippen molar-refractivity contribution in [1.82, 2.24) is 0 Å². The first-order valence-electron chi connectivity index (χ1n) is 8.33. The molecule has 0 aliphatic carbocycles. The molecule has 0 aromatic heterocycles. The van der Waals surface area contributed by atoms with E-state index in [0.29, 0.717) is 19.0 Å². The Morgan fingerprint density at radius 1 is 1.13 bits per heavy atom. The van der Waals surface area contributed by atoms with Crippen LogP contribution in [0.4, 0.5) is 0 Å². The highest BCUT2D eigenvalue weighted by molar-refractivity contribution is 5.97. The van der Waals surface area contributed by atoms with Crippen LogP contribution in [0, 0.1) is 0 Å². The van der Waals surface area contributed by atoms with E-state index in [1.165, 1.54) is 30.7 Å². The summed E-state index contributed by atoms with van der Waals surface area (Å²) in [5.74, 6) is 6.28. The van der Waals surface area contributed by atoms with Crippen molar-refractivity contribution in [3.05, 3.63) is 29.8 Å². The molecule has 1 rings (SSSR count). The van der Waals surface area contributed by atoms with E-state index < -0.39 is 0 Å². The first-order valence-corrected chi connectivity index (χ1v) is 8.33. The Kier molecular flexibility index (Phi) is 10.0. The minimum atomic E-state index is 0.361. The molecular weight excluding hydrogens is 292 g/mol. The zero-order valence-corrected chi connectivity index (χ0v) is 14.4. The van der Waals surface area contributed by atoms with Crippen LogP contribution in [0.3, 0.4) is 0 Å². The number of hydrogen-bond donors (Lipinski definition) is 3. The molecule has 0 bridgehead atoms. The van der Waals surface area contributed by atoms with Crippen LogP contribution in [-0.4, -0.2) is 45.7 Å². The first-order chi connectivity index (χ1) is 11.2. The van der Waals surface area contributed by atoms with Crippen molar-refractivity contribution in [3.63, 3.8) is 0 Å². The molecule has 1 unspecified atom stereocenters. The molecule has 5 N–H and O–H groups in total. The van der Waals surface area contributed by atoms with Gasteiger partial charge in [-0.1, -0.05) is 13.3 Å². The SMILES string of the molecule is CCCCC[NH+](C)CCN=C(N)c1ccc(OCCON)cc1. The Bertz CT molecular complexity index is 448. The van der Waals surface area contributed by atoms with Crippen molar-refractivity contribution in [1.29, 1.82) is 0 Å². The predicted molar refractivity (Wildman–Crippen MR) is 93.8 cm³/mol. The van der Waals surface area contributed by atoms with E-state index in [0.717, 1.165) is 24.4 Å². The summed E-state index contributed by atoms with van der Waals surface area (Å²) in [6.07, 6.45) is 3.84. The Morgan fingerprint density at radius 2 is 1.87 bits per heavy atom. The zero-order chi connectivity index (χ0) is 16.9. The van der Waals surface area contributed by atoms with Gasteiger partial charge in [0.05, 0.1) is 26.7 Å². The second-order valence-electron chi connectivity index (χ2n) is 5.67. The molecule has 0 heterocycles. The normalized spacial score (nSPS) is 13.1. The topological polar surface area (TPSA) is 87.3 Å². The van der Waals surface area contributed by atoms with E-state index in [9.17, 15) is 0 Å². The Hall–Kier alpha value is -1.63. The molecule has 6 heteroatoms. The molecule has 0 saturated carbocycles. The van der Waals surface area contributed by atoms with Crippen LogP contribution in [0.1, 0.15) is 31.7 Å². The standard InChI is InChI=1S/C17H30N4O2/c1-3-4-5-11-21(2)12-10-20-17(18)15-6-8-16(9-7-15)22-13-14-23-19/h6-9H,3-5,10-14,19H2,1-2H3,(H2,18,20)/p+1. The summed E-state index contributed by atoms with van der Waals surface area (Å²) in [7, 11) is 2.21. The molecule has 0 radical (unpaired) electrons. The fourth-order valence-electron chi connectivity index (χ4n) is 2.19. The van der Waals surface area contributed by atoms with Gasteiger partial charge in [-0.05, 0) is 37.1 Å². The summed E-state index contributed by atoms with van der Waals surface area (Å²) >= 11 is 0. The highest BCUT2D eigenvalue weighted by Crippen LogP contribution is 2.11. The molecule has 1 aromatic carbocycles. The number of benzene rings is 1. The van der Waals surface area contributed by atoms with E-state index >= 15 is 0 Å². The van der Waals surface area contributed by atoms with Gasteiger partial charge in [0.25, 0.3) is 0 Å². The lowest BCUT2D eigenvalue weighted by Crippen LogP contribution is -3.09. The van der Waals surface area contributed by atoms with E-state index in [2.05, 4.69) is 23.8 Å². The molecule has 0 fully saturated rings. The van der Waals surface area contributed by atoms with Crippen molar-refractivity contribution in [2.75, 3.05) is 39.9 Å². The lowest BCUT2D eigenvalue weighted by molar-refractivity contribution is -0.878. The van der Waals surface area contributed by atoms with Crippen molar-refractivity contribution >= 4 is 5.84 Å². The van der Waals surface area contributed by atoms with E-state index in [-0.39, 0.29) is 0 Å². The Balaban J connectivity index is 2.36. The second-order valence-corrected chi connectivity index (χ2v) is 5.67. The summed E-state index contributed by atoms with van der Waals surface area (Å²) < 4.78 is 5.45. The van der Waals surface area contributed by atoms with Gasteiger partial charge >= 0.3 is 0 Å². The maximum Gasteiger partial charge on any atom is 0.125 e. The molecule has 0 aliphatic heterocycles. The van der Waals surface area contributed by atoms with Crippen molar-refractivity contribution in [2.24, 2.45) is 16.6 Å². The molecule has 130 valence electrons. The lowest BCUT2D eigenvalue weighted by atomic mass is 10.2. The van der Waals surface area contributed by atoms with Crippen LogP contribution in [0.5, 0.6) is 5.75 Å². The summed E-state index contributed by atoms with van der Waals surface area (Å²) in [5.41, 5.74) is 6.95. The highest BCUT2D eigenvalue weighted by atomic mass is 16.6. The van der Waals surface area contributed by atoms with Crippen molar-refractivity contribution < 1.29 is 14.5 Å². The van der Waals surface area contributed by atoms with Crippen molar-refractivity contribution in [3.8, 4) is 5.75 Å².